The lowest BCUT2D eigenvalue weighted by atomic mass is 10.0. The molecule has 1 aliphatic rings. The van der Waals surface area contributed by atoms with Gasteiger partial charge in [0, 0.05) is 6.04 Å². The van der Waals surface area contributed by atoms with Crippen molar-refractivity contribution in [3.63, 3.8) is 0 Å². The number of rotatable bonds is 4. The molecule has 0 bridgehead atoms. The monoisotopic (exact) mass is 329 g/mol. The van der Waals surface area contributed by atoms with E-state index in [-0.39, 0.29) is 11.9 Å². The Balaban J connectivity index is 1.50. The first-order valence-electron chi connectivity index (χ1n) is 7.65. The highest BCUT2D eigenvalue weighted by molar-refractivity contribution is 7.13. The first-order chi connectivity index (χ1) is 11.3. The predicted molar refractivity (Wildman–Crippen MR) is 86.4 cm³/mol. The van der Waals surface area contributed by atoms with Crippen LogP contribution in [-0.2, 0) is 6.54 Å². The van der Waals surface area contributed by atoms with Gasteiger partial charge in [0.25, 0.3) is 0 Å². The van der Waals surface area contributed by atoms with E-state index in [1.807, 2.05) is 29.6 Å². The van der Waals surface area contributed by atoms with Crippen molar-refractivity contribution in [2.24, 2.45) is 0 Å². The summed E-state index contributed by atoms with van der Waals surface area (Å²) in [6.07, 6.45) is 2.19. The van der Waals surface area contributed by atoms with Gasteiger partial charge in [-0.25, -0.2) is 4.39 Å². The van der Waals surface area contributed by atoms with Gasteiger partial charge in [-0.05, 0) is 48.5 Å². The lowest BCUT2D eigenvalue weighted by Crippen LogP contribution is -2.22. The van der Waals surface area contributed by atoms with Gasteiger partial charge in [-0.2, -0.15) is 4.98 Å². The maximum atomic E-state index is 13.1. The zero-order chi connectivity index (χ0) is 15.6. The van der Waals surface area contributed by atoms with Crippen molar-refractivity contribution in [2.45, 2.75) is 25.4 Å². The number of benzene rings is 1. The van der Waals surface area contributed by atoms with Crippen molar-refractivity contribution >= 4 is 11.3 Å². The maximum absolute atomic E-state index is 13.1. The molecule has 1 aliphatic heterocycles. The van der Waals surface area contributed by atoms with Crippen LogP contribution in [0.1, 0.15) is 30.3 Å². The minimum atomic E-state index is -0.198. The first-order valence-corrected chi connectivity index (χ1v) is 8.53. The van der Waals surface area contributed by atoms with Gasteiger partial charge < -0.3 is 4.52 Å². The van der Waals surface area contributed by atoms with Gasteiger partial charge in [0.1, 0.15) is 5.82 Å². The van der Waals surface area contributed by atoms with E-state index < -0.39 is 0 Å². The number of hydrogen-bond donors (Lipinski definition) is 0. The van der Waals surface area contributed by atoms with Crippen LogP contribution >= 0.6 is 11.3 Å². The number of thiophene rings is 1. The van der Waals surface area contributed by atoms with Crippen LogP contribution in [0.25, 0.3) is 10.7 Å². The highest BCUT2D eigenvalue weighted by Crippen LogP contribution is 2.33. The van der Waals surface area contributed by atoms with Gasteiger partial charge in [0.15, 0.2) is 0 Å². The third-order valence-electron chi connectivity index (χ3n) is 4.17. The van der Waals surface area contributed by atoms with Gasteiger partial charge in [0.2, 0.25) is 11.7 Å². The summed E-state index contributed by atoms with van der Waals surface area (Å²) in [4.78, 5) is 7.82. The van der Waals surface area contributed by atoms with Crippen LogP contribution in [-0.4, -0.2) is 21.6 Å². The molecule has 0 saturated carbocycles. The number of aromatic nitrogens is 2. The minimum absolute atomic E-state index is 0.198. The van der Waals surface area contributed by atoms with Gasteiger partial charge in [-0.1, -0.05) is 23.4 Å². The van der Waals surface area contributed by atoms with Crippen LogP contribution in [0.2, 0.25) is 0 Å². The molecule has 0 radical (unpaired) electrons. The number of hydrogen-bond acceptors (Lipinski definition) is 5. The van der Waals surface area contributed by atoms with E-state index >= 15 is 0 Å². The van der Waals surface area contributed by atoms with Gasteiger partial charge in [-0.3, -0.25) is 4.90 Å². The molecule has 4 rings (SSSR count). The van der Waals surface area contributed by atoms with Crippen LogP contribution in [0.5, 0.6) is 0 Å². The summed E-state index contributed by atoms with van der Waals surface area (Å²) in [5, 5.41) is 6.05. The van der Waals surface area contributed by atoms with Crippen molar-refractivity contribution in [1.82, 2.24) is 15.0 Å². The van der Waals surface area contributed by atoms with E-state index in [0.717, 1.165) is 29.8 Å². The molecule has 0 N–H and O–H groups in total. The molecule has 0 unspecified atom stereocenters. The van der Waals surface area contributed by atoms with E-state index in [9.17, 15) is 4.39 Å². The Morgan fingerprint density at radius 2 is 2.13 bits per heavy atom. The fraction of sp³-hybridized carbons (Fsp3) is 0.294. The summed E-state index contributed by atoms with van der Waals surface area (Å²) in [5.74, 6) is 1.07. The number of likely N-dealkylation sites (tertiary alicyclic amines) is 1. The summed E-state index contributed by atoms with van der Waals surface area (Å²) in [6, 6.07) is 11.0. The third-order valence-corrected chi connectivity index (χ3v) is 5.03. The Morgan fingerprint density at radius 1 is 1.26 bits per heavy atom. The van der Waals surface area contributed by atoms with E-state index in [1.165, 1.54) is 12.1 Å². The molecule has 1 aromatic carbocycles. The number of nitrogens with zero attached hydrogens (tertiary/aromatic N) is 3. The molecular formula is C17H16FN3OS. The Kier molecular flexibility index (Phi) is 3.93. The smallest absolute Gasteiger partial charge is 0.241 e. The Hall–Kier alpha value is -2.05. The average molecular weight is 329 g/mol. The fourth-order valence-corrected chi connectivity index (χ4v) is 3.73. The zero-order valence-electron chi connectivity index (χ0n) is 12.5. The van der Waals surface area contributed by atoms with Crippen molar-refractivity contribution < 1.29 is 8.91 Å². The second-order valence-electron chi connectivity index (χ2n) is 5.67. The van der Waals surface area contributed by atoms with E-state index in [2.05, 4.69) is 15.0 Å². The minimum Gasteiger partial charge on any atom is -0.338 e. The highest BCUT2D eigenvalue weighted by atomic mass is 32.1. The average Bonchev–Trinajstić information content (AvgIpc) is 3.29. The van der Waals surface area contributed by atoms with Crippen molar-refractivity contribution in [2.75, 3.05) is 6.54 Å². The van der Waals surface area contributed by atoms with Gasteiger partial charge in [0.05, 0.1) is 11.4 Å². The first kappa shape index (κ1) is 14.5. The largest absolute Gasteiger partial charge is 0.338 e. The molecule has 6 heteroatoms. The SMILES string of the molecule is Fc1ccc([C@@H]2CCCN2Cc2nc(-c3cccs3)no2)cc1. The molecule has 3 aromatic rings. The Bertz CT molecular complexity index is 770. The summed E-state index contributed by atoms with van der Waals surface area (Å²) in [6.45, 7) is 1.61. The molecule has 118 valence electrons. The second-order valence-corrected chi connectivity index (χ2v) is 6.62. The molecule has 0 aliphatic carbocycles. The van der Waals surface area contributed by atoms with Crippen molar-refractivity contribution in [3.05, 3.63) is 59.0 Å². The van der Waals surface area contributed by atoms with E-state index in [0.29, 0.717) is 18.3 Å². The predicted octanol–water partition coefficient (Wildman–Crippen LogP) is 4.27. The lowest BCUT2D eigenvalue weighted by Gasteiger charge is -2.23. The standard InChI is InChI=1S/C17H16FN3OS/c18-13-7-5-12(6-8-13)14-3-1-9-21(14)11-16-19-17(20-22-16)15-4-2-10-23-15/h2,4-8,10,14H,1,3,9,11H2/t14-/m0/s1. The molecule has 3 heterocycles. The van der Waals surface area contributed by atoms with Crippen LogP contribution < -0.4 is 0 Å². The summed E-state index contributed by atoms with van der Waals surface area (Å²) in [5.41, 5.74) is 1.14. The van der Waals surface area contributed by atoms with Gasteiger partial charge in [-0.15, -0.1) is 11.3 Å². The summed E-state index contributed by atoms with van der Waals surface area (Å²) >= 11 is 1.60. The highest BCUT2D eigenvalue weighted by Gasteiger charge is 2.27. The second kappa shape index (κ2) is 6.22. The van der Waals surface area contributed by atoms with Crippen molar-refractivity contribution in [1.29, 1.82) is 0 Å². The summed E-state index contributed by atoms with van der Waals surface area (Å²) in [7, 11) is 0. The third kappa shape index (κ3) is 3.04. The molecule has 2 aromatic heterocycles. The molecule has 0 spiro atoms. The lowest BCUT2D eigenvalue weighted by molar-refractivity contribution is 0.212. The Labute approximate surface area is 137 Å². The van der Waals surface area contributed by atoms with Crippen LogP contribution in [0, 0.1) is 5.82 Å². The quantitative estimate of drug-likeness (QED) is 0.717. The molecular weight excluding hydrogens is 313 g/mol. The Morgan fingerprint density at radius 3 is 2.91 bits per heavy atom. The normalized spacial score (nSPS) is 18.6. The van der Waals surface area contributed by atoms with E-state index in [1.54, 1.807) is 11.3 Å². The molecule has 0 amide bonds. The van der Waals surface area contributed by atoms with Crippen LogP contribution in [0.15, 0.2) is 46.3 Å². The molecule has 1 saturated heterocycles. The molecule has 23 heavy (non-hydrogen) atoms. The summed E-state index contributed by atoms with van der Waals surface area (Å²) < 4.78 is 18.5. The fourth-order valence-electron chi connectivity index (χ4n) is 3.08. The van der Waals surface area contributed by atoms with Gasteiger partial charge >= 0.3 is 0 Å². The maximum Gasteiger partial charge on any atom is 0.241 e. The van der Waals surface area contributed by atoms with E-state index in [4.69, 9.17) is 4.52 Å². The zero-order valence-corrected chi connectivity index (χ0v) is 13.3. The molecule has 1 atom stereocenters. The van der Waals surface area contributed by atoms with Crippen molar-refractivity contribution in [3.8, 4) is 10.7 Å². The molecule has 1 fully saturated rings. The molecule has 4 nitrogen and oxygen atoms in total. The number of halogens is 1. The van der Waals surface area contributed by atoms with Crippen LogP contribution in [0.3, 0.4) is 0 Å². The topological polar surface area (TPSA) is 42.2 Å². The van der Waals surface area contributed by atoms with Crippen LogP contribution in [0.4, 0.5) is 4.39 Å².